The van der Waals surface area contributed by atoms with Crippen LogP contribution in [0.1, 0.15) is 18.9 Å². The first kappa shape index (κ1) is 9.15. The Labute approximate surface area is 94.2 Å². The SMILES string of the molecule is Nc1c2cc(Br)cc(F)c2nn1C1CC1. The third kappa shape index (κ3) is 1.33. The number of nitrogens with zero attached hydrogens (tertiary/aromatic N) is 2. The lowest BCUT2D eigenvalue weighted by atomic mass is 10.2. The Balaban J connectivity index is 2.34. The molecule has 0 spiro atoms. The Morgan fingerprint density at radius 1 is 1.47 bits per heavy atom. The van der Waals surface area contributed by atoms with Crippen molar-refractivity contribution >= 4 is 32.7 Å². The molecule has 0 aliphatic heterocycles. The summed E-state index contributed by atoms with van der Waals surface area (Å²) in [5.41, 5.74) is 6.29. The van der Waals surface area contributed by atoms with Crippen molar-refractivity contribution in [1.29, 1.82) is 0 Å². The van der Waals surface area contributed by atoms with Gasteiger partial charge >= 0.3 is 0 Å². The zero-order chi connectivity index (χ0) is 10.6. The third-order valence-corrected chi connectivity index (χ3v) is 3.11. The molecule has 0 bridgehead atoms. The Kier molecular flexibility index (Phi) is 1.80. The smallest absolute Gasteiger partial charge is 0.152 e. The van der Waals surface area contributed by atoms with Crippen LogP contribution in [0.3, 0.4) is 0 Å². The van der Waals surface area contributed by atoms with Gasteiger partial charge in [-0.25, -0.2) is 9.07 Å². The van der Waals surface area contributed by atoms with Crippen LogP contribution in [-0.4, -0.2) is 9.78 Å². The molecule has 3 rings (SSSR count). The maximum atomic E-state index is 13.6. The molecule has 78 valence electrons. The van der Waals surface area contributed by atoms with E-state index in [9.17, 15) is 4.39 Å². The number of anilines is 1. The fourth-order valence-corrected chi connectivity index (χ4v) is 2.18. The first-order chi connectivity index (χ1) is 7.16. The summed E-state index contributed by atoms with van der Waals surface area (Å²) < 4.78 is 16.0. The highest BCUT2D eigenvalue weighted by Gasteiger charge is 2.28. The summed E-state index contributed by atoms with van der Waals surface area (Å²) in [5.74, 6) is 0.234. The standard InChI is InChI=1S/C10H9BrFN3/c11-5-3-7-9(8(12)4-5)14-15(10(7)13)6-1-2-6/h3-4,6H,1-2,13H2. The minimum absolute atomic E-state index is 0.328. The summed E-state index contributed by atoms with van der Waals surface area (Å²) in [7, 11) is 0. The van der Waals surface area contributed by atoms with E-state index in [4.69, 9.17) is 5.73 Å². The lowest BCUT2D eigenvalue weighted by molar-refractivity contribution is 0.620. The summed E-state index contributed by atoms with van der Waals surface area (Å²) >= 11 is 3.25. The van der Waals surface area contributed by atoms with Crippen LogP contribution in [0, 0.1) is 5.82 Å². The normalized spacial score (nSPS) is 16.1. The maximum absolute atomic E-state index is 13.6. The van der Waals surface area contributed by atoms with Crippen LogP contribution < -0.4 is 5.73 Å². The quantitative estimate of drug-likeness (QED) is 0.865. The van der Waals surface area contributed by atoms with Crippen LogP contribution in [0.4, 0.5) is 10.2 Å². The highest BCUT2D eigenvalue weighted by molar-refractivity contribution is 9.10. The summed E-state index contributed by atoms with van der Waals surface area (Å²) in [6.07, 6.45) is 2.17. The highest BCUT2D eigenvalue weighted by Crippen LogP contribution is 2.39. The van der Waals surface area contributed by atoms with Crippen molar-refractivity contribution < 1.29 is 4.39 Å². The van der Waals surface area contributed by atoms with Crippen LogP contribution in [0.15, 0.2) is 16.6 Å². The van der Waals surface area contributed by atoms with Crippen LogP contribution >= 0.6 is 15.9 Å². The fraction of sp³-hybridized carbons (Fsp3) is 0.300. The van der Waals surface area contributed by atoms with Crippen molar-refractivity contribution in [3.8, 4) is 0 Å². The molecule has 3 nitrogen and oxygen atoms in total. The maximum Gasteiger partial charge on any atom is 0.152 e. The first-order valence-electron chi connectivity index (χ1n) is 4.79. The second-order valence-electron chi connectivity index (χ2n) is 3.84. The highest BCUT2D eigenvalue weighted by atomic mass is 79.9. The molecule has 0 unspecified atom stereocenters. The topological polar surface area (TPSA) is 43.8 Å². The zero-order valence-electron chi connectivity index (χ0n) is 7.87. The van der Waals surface area contributed by atoms with Crippen molar-refractivity contribution in [2.45, 2.75) is 18.9 Å². The van der Waals surface area contributed by atoms with Crippen molar-refractivity contribution in [2.75, 3.05) is 5.73 Å². The number of halogens is 2. The van der Waals surface area contributed by atoms with Gasteiger partial charge in [-0.05, 0) is 25.0 Å². The Bertz CT molecular complexity index is 545. The molecule has 1 aromatic carbocycles. The van der Waals surface area contributed by atoms with E-state index in [1.165, 1.54) is 6.07 Å². The summed E-state index contributed by atoms with van der Waals surface area (Å²) in [5, 5.41) is 4.90. The van der Waals surface area contributed by atoms with Crippen LogP contribution in [0.5, 0.6) is 0 Å². The van der Waals surface area contributed by atoms with Crippen LogP contribution in [-0.2, 0) is 0 Å². The number of nitrogens with two attached hydrogens (primary N) is 1. The van der Waals surface area contributed by atoms with Crippen molar-refractivity contribution in [1.82, 2.24) is 9.78 Å². The van der Waals surface area contributed by atoms with Crippen LogP contribution in [0.2, 0.25) is 0 Å². The predicted octanol–water partition coefficient (Wildman–Crippen LogP) is 2.86. The monoisotopic (exact) mass is 269 g/mol. The molecule has 15 heavy (non-hydrogen) atoms. The molecule has 2 N–H and O–H groups in total. The van der Waals surface area contributed by atoms with E-state index in [0.717, 1.165) is 12.8 Å². The van der Waals surface area contributed by atoms with Gasteiger partial charge in [0.15, 0.2) is 5.82 Å². The van der Waals surface area contributed by atoms with Gasteiger partial charge in [0.25, 0.3) is 0 Å². The van der Waals surface area contributed by atoms with Gasteiger partial charge in [-0.1, -0.05) is 15.9 Å². The molecule has 1 aliphatic carbocycles. The average Bonchev–Trinajstić information content (AvgIpc) is 2.94. The molecule has 1 saturated carbocycles. The molecule has 0 amide bonds. The number of benzene rings is 1. The number of aromatic nitrogens is 2. The molecule has 1 aromatic heterocycles. The fourth-order valence-electron chi connectivity index (χ4n) is 1.75. The third-order valence-electron chi connectivity index (χ3n) is 2.65. The van der Waals surface area contributed by atoms with Crippen LogP contribution in [0.25, 0.3) is 10.9 Å². The van der Waals surface area contributed by atoms with Crippen molar-refractivity contribution in [2.24, 2.45) is 0 Å². The number of nitrogen functional groups attached to an aromatic ring is 1. The van der Waals surface area contributed by atoms with Gasteiger partial charge in [-0.15, -0.1) is 0 Å². The van der Waals surface area contributed by atoms with Gasteiger partial charge in [-0.2, -0.15) is 5.10 Å². The second kappa shape index (κ2) is 2.95. The predicted molar refractivity (Wildman–Crippen MR) is 60.1 cm³/mol. The van der Waals surface area contributed by atoms with E-state index < -0.39 is 0 Å². The van der Waals surface area contributed by atoms with Gasteiger partial charge < -0.3 is 5.73 Å². The molecule has 2 aromatic rings. The van der Waals surface area contributed by atoms with E-state index in [-0.39, 0.29) is 5.82 Å². The molecular formula is C10H9BrFN3. The average molecular weight is 270 g/mol. The van der Waals surface area contributed by atoms with Gasteiger partial charge in [0, 0.05) is 9.86 Å². The molecule has 5 heteroatoms. The molecule has 0 atom stereocenters. The molecule has 1 fully saturated rings. The number of rotatable bonds is 1. The summed E-state index contributed by atoms with van der Waals surface area (Å²) in [6, 6.07) is 3.58. The Morgan fingerprint density at radius 3 is 2.87 bits per heavy atom. The number of fused-ring (bicyclic) bond motifs is 1. The first-order valence-corrected chi connectivity index (χ1v) is 5.59. The van der Waals surface area contributed by atoms with Crippen molar-refractivity contribution in [3.05, 3.63) is 22.4 Å². The molecule has 1 heterocycles. The molecule has 0 radical (unpaired) electrons. The van der Waals surface area contributed by atoms with E-state index >= 15 is 0 Å². The second-order valence-corrected chi connectivity index (χ2v) is 4.76. The van der Waals surface area contributed by atoms with E-state index in [1.54, 1.807) is 10.7 Å². The lowest BCUT2D eigenvalue weighted by Gasteiger charge is -1.98. The summed E-state index contributed by atoms with van der Waals surface area (Å²) in [4.78, 5) is 0. The van der Waals surface area contributed by atoms with Gasteiger partial charge in [0.1, 0.15) is 11.3 Å². The Morgan fingerprint density at radius 2 is 2.20 bits per heavy atom. The number of hydrogen-bond acceptors (Lipinski definition) is 2. The van der Waals surface area contributed by atoms with E-state index in [0.29, 0.717) is 27.2 Å². The van der Waals surface area contributed by atoms with Gasteiger partial charge in [0.05, 0.1) is 6.04 Å². The van der Waals surface area contributed by atoms with Gasteiger partial charge in [-0.3, -0.25) is 0 Å². The Hall–Kier alpha value is -1.10. The van der Waals surface area contributed by atoms with E-state index in [2.05, 4.69) is 21.0 Å². The van der Waals surface area contributed by atoms with E-state index in [1.807, 2.05) is 0 Å². The van der Waals surface area contributed by atoms with Crippen molar-refractivity contribution in [3.63, 3.8) is 0 Å². The van der Waals surface area contributed by atoms with Gasteiger partial charge in [0.2, 0.25) is 0 Å². The molecule has 1 aliphatic rings. The minimum Gasteiger partial charge on any atom is -0.383 e. The zero-order valence-corrected chi connectivity index (χ0v) is 9.46. The minimum atomic E-state index is -0.328. The largest absolute Gasteiger partial charge is 0.383 e. The summed E-state index contributed by atoms with van der Waals surface area (Å²) in [6.45, 7) is 0. The number of hydrogen-bond donors (Lipinski definition) is 1. The molecular weight excluding hydrogens is 261 g/mol. The molecule has 0 saturated heterocycles. The lowest BCUT2D eigenvalue weighted by Crippen LogP contribution is -2.01.